The lowest BCUT2D eigenvalue weighted by Gasteiger charge is -2.19. The predicted molar refractivity (Wildman–Crippen MR) is 92.5 cm³/mol. The molecule has 2 aromatic rings. The maximum atomic E-state index is 13.6. The summed E-state index contributed by atoms with van der Waals surface area (Å²) in [5.74, 6) is -2.36. The van der Waals surface area contributed by atoms with Gasteiger partial charge in [0.25, 0.3) is 0 Å². The van der Waals surface area contributed by atoms with Crippen molar-refractivity contribution in [1.29, 1.82) is 0 Å². The SMILES string of the molecule is COc1ccc(C)cc1S(=O)(=O)N(C)CC(=O)Nc1ccc(F)cc1F. The standard InChI is InChI=1S/C17H18F2N2O4S/c1-11-4-7-15(25-3)16(8-11)26(23,24)21(2)10-17(22)20-14-6-5-12(18)9-13(14)19/h4-9H,10H2,1-3H3,(H,20,22). The van der Waals surface area contributed by atoms with Crippen LogP contribution in [0.2, 0.25) is 0 Å². The van der Waals surface area contributed by atoms with Crippen LogP contribution < -0.4 is 10.1 Å². The van der Waals surface area contributed by atoms with Gasteiger partial charge in [-0.2, -0.15) is 4.31 Å². The lowest BCUT2D eigenvalue weighted by molar-refractivity contribution is -0.116. The third-order valence-corrected chi connectivity index (χ3v) is 5.40. The Balaban J connectivity index is 2.19. The Bertz CT molecular complexity index is 932. The lowest BCUT2D eigenvalue weighted by atomic mass is 10.2. The van der Waals surface area contributed by atoms with E-state index in [1.165, 1.54) is 26.3 Å². The predicted octanol–water partition coefficient (Wildman–Crippen LogP) is 2.54. The molecule has 0 aliphatic rings. The number of aryl methyl sites for hydroxylation is 1. The van der Waals surface area contributed by atoms with Gasteiger partial charge in [-0.25, -0.2) is 17.2 Å². The number of likely N-dealkylation sites (N-methyl/N-ethyl adjacent to an activating group) is 1. The number of benzene rings is 2. The zero-order chi connectivity index (χ0) is 19.5. The van der Waals surface area contributed by atoms with Crippen LogP contribution in [0.25, 0.3) is 0 Å². The van der Waals surface area contributed by atoms with Gasteiger partial charge >= 0.3 is 0 Å². The number of rotatable bonds is 6. The van der Waals surface area contributed by atoms with E-state index in [1.54, 1.807) is 13.0 Å². The van der Waals surface area contributed by atoms with Gasteiger partial charge in [-0.15, -0.1) is 0 Å². The average molecular weight is 384 g/mol. The minimum Gasteiger partial charge on any atom is -0.495 e. The lowest BCUT2D eigenvalue weighted by Crippen LogP contribution is -2.35. The van der Waals surface area contributed by atoms with Crippen molar-refractivity contribution in [2.24, 2.45) is 0 Å². The molecule has 6 nitrogen and oxygen atoms in total. The number of ether oxygens (including phenoxy) is 1. The Morgan fingerprint density at radius 3 is 2.50 bits per heavy atom. The molecule has 0 aliphatic heterocycles. The van der Waals surface area contributed by atoms with Crippen LogP contribution >= 0.6 is 0 Å². The summed E-state index contributed by atoms with van der Waals surface area (Å²) in [6, 6.07) is 7.30. The summed E-state index contributed by atoms with van der Waals surface area (Å²) in [4.78, 5) is 12.0. The Labute approximate surface area is 150 Å². The minimum absolute atomic E-state index is 0.0803. The van der Waals surface area contributed by atoms with Gasteiger partial charge in [0.1, 0.15) is 22.3 Å². The van der Waals surface area contributed by atoms with Crippen LogP contribution in [-0.4, -0.2) is 39.3 Å². The molecule has 26 heavy (non-hydrogen) atoms. The Hall–Kier alpha value is -2.52. The maximum Gasteiger partial charge on any atom is 0.246 e. The van der Waals surface area contributed by atoms with Crippen molar-refractivity contribution in [1.82, 2.24) is 4.31 Å². The number of anilines is 1. The zero-order valence-corrected chi connectivity index (χ0v) is 15.2. The second kappa shape index (κ2) is 7.79. The Morgan fingerprint density at radius 2 is 1.88 bits per heavy atom. The molecule has 0 spiro atoms. The van der Waals surface area contributed by atoms with Crippen LogP contribution in [0, 0.1) is 18.6 Å². The number of nitrogens with zero attached hydrogens (tertiary/aromatic N) is 1. The molecular weight excluding hydrogens is 366 g/mol. The highest BCUT2D eigenvalue weighted by molar-refractivity contribution is 7.89. The third kappa shape index (κ3) is 4.36. The molecule has 1 amide bonds. The molecule has 140 valence electrons. The first-order valence-electron chi connectivity index (χ1n) is 7.51. The summed E-state index contributed by atoms with van der Waals surface area (Å²) in [6.07, 6.45) is 0. The second-order valence-corrected chi connectivity index (χ2v) is 7.60. The molecule has 9 heteroatoms. The van der Waals surface area contributed by atoms with Gasteiger partial charge in [-0.3, -0.25) is 4.79 Å². The molecule has 0 aliphatic carbocycles. The van der Waals surface area contributed by atoms with Crippen LogP contribution in [0.4, 0.5) is 14.5 Å². The number of sulfonamides is 1. The molecule has 0 saturated heterocycles. The summed E-state index contributed by atoms with van der Waals surface area (Å²) in [7, 11) is -1.45. The number of hydrogen-bond acceptors (Lipinski definition) is 4. The first kappa shape index (κ1) is 19.8. The molecule has 0 bridgehead atoms. The number of hydrogen-bond donors (Lipinski definition) is 1. The number of nitrogens with one attached hydrogen (secondary N) is 1. The van der Waals surface area contributed by atoms with Crippen LogP contribution in [0.1, 0.15) is 5.56 Å². The van der Waals surface area contributed by atoms with Crippen molar-refractivity contribution in [3.63, 3.8) is 0 Å². The van der Waals surface area contributed by atoms with Gasteiger partial charge in [-0.1, -0.05) is 6.07 Å². The number of carbonyl (C=O) groups excluding carboxylic acids is 1. The van der Waals surface area contributed by atoms with Gasteiger partial charge in [0.15, 0.2) is 0 Å². The second-order valence-electron chi connectivity index (χ2n) is 5.59. The summed E-state index contributed by atoms with van der Waals surface area (Å²) >= 11 is 0. The first-order chi connectivity index (χ1) is 12.1. The van der Waals surface area contributed by atoms with Crippen LogP contribution in [0.15, 0.2) is 41.3 Å². The first-order valence-corrected chi connectivity index (χ1v) is 8.95. The Morgan fingerprint density at radius 1 is 1.19 bits per heavy atom. The fourth-order valence-electron chi connectivity index (χ4n) is 2.22. The molecule has 2 aromatic carbocycles. The van der Waals surface area contributed by atoms with E-state index in [0.29, 0.717) is 11.6 Å². The van der Waals surface area contributed by atoms with E-state index in [2.05, 4.69) is 5.32 Å². The third-order valence-electron chi connectivity index (χ3n) is 3.58. The molecule has 2 rings (SSSR count). The minimum atomic E-state index is -4.01. The smallest absolute Gasteiger partial charge is 0.246 e. The topological polar surface area (TPSA) is 75.7 Å². The summed E-state index contributed by atoms with van der Waals surface area (Å²) in [5, 5.41) is 2.21. The van der Waals surface area contributed by atoms with Gasteiger partial charge in [0.05, 0.1) is 19.3 Å². The average Bonchev–Trinajstić information content (AvgIpc) is 2.57. The molecule has 0 radical (unpaired) electrons. The van der Waals surface area contributed by atoms with Crippen LogP contribution in [-0.2, 0) is 14.8 Å². The Kier molecular flexibility index (Phi) is 5.94. The van der Waals surface area contributed by atoms with E-state index in [9.17, 15) is 22.0 Å². The van der Waals surface area contributed by atoms with Crippen molar-refractivity contribution in [3.8, 4) is 5.75 Å². The fourth-order valence-corrected chi connectivity index (χ4v) is 3.58. The van der Waals surface area contributed by atoms with Crippen molar-refractivity contribution < 1.29 is 26.7 Å². The molecule has 0 fully saturated rings. The normalized spacial score (nSPS) is 11.5. The molecule has 0 heterocycles. The highest BCUT2D eigenvalue weighted by atomic mass is 32.2. The number of methoxy groups -OCH3 is 1. The molecule has 1 N–H and O–H groups in total. The van der Waals surface area contributed by atoms with Crippen LogP contribution in [0.3, 0.4) is 0 Å². The van der Waals surface area contributed by atoms with E-state index >= 15 is 0 Å². The van der Waals surface area contributed by atoms with Gasteiger partial charge in [-0.05, 0) is 36.8 Å². The summed E-state index contributed by atoms with van der Waals surface area (Å²) < 4.78 is 57.8. The van der Waals surface area contributed by atoms with E-state index in [-0.39, 0.29) is 16.3 Å². The molecule has 0 unspecified atom stereocenters. The van der Waals surface area contributed by atoms with E-state index < -0.39 is 34.1 Å². The number of carbonyl (C=O) groups is 1. The largest absolute Gasteiger partial charge is 0.495 e. The van der Waals surface area contributed by atoms with Crippen molar-refractivity contribution in [2.75, 3.05) is 26.0 Å². The van der Waals surface area contributed by atoms with Crippen molar-refractivity contribution >= 4 is 21.6 Å². The van der Waals surface area contributed by atoms with Gasteiger partial charge < -0.3 is 10.1 Å². The molecular formula is C17H18F2N2O4S. The quantitative estimate of drug-likeness (QED) is 0.831. The van der Waals surface area contributed by atoms with Gasteiger partial charge in [0.2, 0.25) is 15.9 Å². The number of amides is 1. The monoisotopic (exact) mass is 384 g/mol. The van der Waals surface area contributed by atoms with Crippen molar-refractivity contribution in [3.05, 3.63) is 53.6 Å². The fraction of sp³-hybridized carbons (Fsp3) is 0.235. The van der Waals surface area contributed by atoms with Crippen molar-refractivity contribution in [2.45, 2.75) is 11.8 Å². The molecule has 0 saturated carbocycles. The molecule has 0 aromatic heterocycles. The van der Waals surface area contributed by atoms with E-state index in [0.717, 1.165) is 16.4 Å². The van der Waals surface area contributed by atoms with E-state index in [4.69, 9.17) is 4.74 Å². The number of halogens is 2. The van der Waals surface area contributed by atoms with Crippen LogP contribution in [0.5, 0.6) is 5.75 Å². The highest BCUT2D eigenvalue weighted by Crippen LogP contribution is 2.27. The zero-order valence-electron chi connectivity index (χ0n) is 14.4. The highest BCUT2D eigenvalue weighted by Gasteiger charge is 2.26. The van der Waals surface area contributed by atoms with Gasteiger partial charge in [0, 0.05) is 13.1 Å². The summed E-state index contributed by atoms with van der Waals surface area (Å²) in [6.45, 7) is 1.17. The summed E-state index contributed by atoms with van der Waals surface area (Å²) in [5.41, 5.74) is 0.464. The molecule has 0 atom stereocenters. The van der Waals surface area contributed by atoms with E-state index in [1.807, 2.05) is 0 Å². The maximum absolute atomic E-state index is 13.6.